The lowest BCUT2D eigenvalue weighted by atomic mass is 9.70. The van der Waals surface area contributed by atoms with E-state index in [0.717, 1.165) is 6.42 Å². The van der Waals surface area contributed by atoms with Gasteiger partial charge in [-0.15, -0.1) is 0 Å². The second-order valence-corrected chi connectivity index (χ2v) is 5.78. The highest BCUT2D eigenvalue weighted by Gasteiger charge is 2.80. The summed E-state index contributed by atoms with van der Waals surface area (Å²) in [6.07, 6.45) is 0.436. The van der Waals surface area contributed by atoms with E-state index >= 15 is 0 Å². The molecule has 0 amide bonds. The van der Waals surface area contributed by atoms with Crippen LogP contribution < -0.4 is 0 Å². The normalized spacial score (nSPS) is 41.4. The lowest BCUT2D eigenvalue weighted by Crippen LogP contribution is -2.73. The molecule has 2 fully saturated rings. The fraction of sp³-hybridized carbons (Fsp3) is 0.786. The summed E-state index contributed by atoms with van der Waals surface area (Å²) >= 11 is 0. The Bertz CT molecular complexity index is 445. The summed E-state index contributed by atoms with van der Waals surface area (Å²) in [4.78, 5) is 12.0. The minimum atomic E-state index is -4.73. The van der Waals surface area contributed by atoms with Crippen molar-refractivity contribution < 1.29 is 27.4 Å². The van der Waals surface area contributed by atoms with Crippen LogP contribution in [0.4, 0.5) is 13.2 Å². The molecule has 5 atom stereocenters. The Hall–Kier alpha value is -1.04. The van der Waals surface area contributed by atoms with Crippen molar-refractivity contribution in [3.8, 4) is 0 Å². The molecule has 0 aromatic carbocycles. The standard InChI is InChI=1S/C14H17F3O3/c1-2-3-6-19-12(18)13(14(15,16)17)10-8-4-5-9(7-8)11(10)20-13/h4-5,8-11H,2-3,6-7H2,1H3. The van der Waals surface area contributed by atoms with Gasteiger partial charge in [-0.3, -0.25) is 0 Å². The molecule has 0 spiro atoms. The van der Waals surface area contributed by atoms with Crippen LogP contribution in [0.5, 0.6) is 0 Å². The van der Waals surface area contributed by atoms with E-state index in [4.69, 9.17) is 9.47 Å². The van der Waals surface area contributed by atoms with E-state index < -0.39 is 29.8 Å². The molecule has 2 aliphatic carbocycles. The van der Waals surface area contributed by atoms with Gasteiger partial charge in [0.15, 0.2) is 0 Å². The molecule has 6 heteroatoms. The molecular formula is C14H17F3O3. The molecule has 1 saturated carbocycles. The molecule has 1 aliphatic heterocycles. The van der Waals surface area contributed by atoms with Crippen LogP contribution in [0.15, 0.2) is 12.2 Å². The smallest absolute Gasteiger partial charge is 0.428 e. The quantitative estimate of drug-likeness (QED) is 0.454. The molecule has 20 heavy (non-hydrogen) atoms. The number of fused-ring (bicyclic) bond motifs is 5. The fourth-order valence-electron chi connectivity index (χ4n) is 3.66. The first-order valence-electron chi connectivity index (χ1n) is 7.02. The molecule has 3 nitrogen and oxygen atoms in total. The maximum atomic E-state index is 13.4. The zero-order valence-electron chi connectivity index (χ0n) is 11.2. The van der Waals surface area contributed by atoms with Gasteiger partial charge in [0.1, 0.15) is 0 Å². The number of hydrogen-bond acceptors (Lipinski definition) is 3. The predicted octanol–water partition coefficient (Wildman–Crippen LogP) is 2.85. The number of ether oxygens (including phenoxy) is 2. The number of carbonyl (C=O) groups excluding carboxylic acids is 1. The lowest BCUT2D eigenvalue weighted by Gasteiger charge is -2.53. The van der Waals surface area contributed by atoms with Crippen LogP contribution in [0.25, 0.3) is 0 Å². The van der Waals surface area contributed by atoms with Crippen molar-refractivity contribution >= 4 is 5.97 Å². The molecule has 2 bridgehead atoms. The van der Waals surface area contributed by atoms with Gasteiger partial charge in [0, 0.05) is 11.8 Å². The van der Waals surface area contributed by atoms with Crippen molar-refractivity contribution in [2.24, 2.45) is 17.8 Å². The fourth-order valence-corrected chi connectivity index (χ4v) is 3.66. The van der Waals surface area contributed by atoms with E-state index in [2.05, 4.69) is 0 Å². The van der Waals surface area contributed by atoms with Gasteiger partial charge < -0.3 is 9.47 Å². The first-order valence-corrected chi connectivity index (χ1v) is 7.02. The maximum absolute atomic E-state index is 13.4. The second kappa shape index (κ2) is 4.48. The molecule has 3 rings (SSSR count). The second-order valence-electron chi connectivity index (χ2n) is 5.78. The largest absolute Gasteiger partial charge is 0.463 e. The highest BCUT2D eigenvalue weighted by Crippen LogP contribution is 2.63. The highest BCUT2D eigenvalue weighted by atomic mass is 19.4. The number of rotatable bonds is 4. The Labute approximate surface area is 115 Å². The molecule has 1 heterocycles. The van der Waals surface area contributed by atoms with Crippen molar-refractivity contribution in [1.82, 2.24) is 0 Å². The number of allylic oxidation sites excluding steroid dienone is 1. The summed E-state index contributed by atoms with van der Waals surface area (Å²) in [5, 5.41) is 0. The van der Waals surface area contributed by atoms with Gasteiger partial charge in [0.25, 0.3) is 5.60 Å². The lowest BCUT2D eigenvalue weighted by molar-refractivity contribution is -0.372. The van der Waals surface area contributed by atoms with Gasteiger partial charge in [0.05, 0.1) is 12.7 Å². The number of carbonyl (C=O) groups is 1. The van der Waals surface area contributed by atoms with Crippen molar-refractivity contribution in [2.75, 3.05) is 6.61 Å². The predicted molar refractivity (Wildman–Crippen MR) is 63.8 cm³/mol. The summed E-state index contributed by atoms with van der Waals surface area (Å²) < 4.78 is 50.2. The highest BCUT2D eigenvalue weighted by molar-refractivity contribution is 5.83. The Morgan fingerprint density at radius 3 is 2.70 bits per heavy atom. The summed E-state index contributed by atoms with van der Waals surface area (Å²) in [5.74, 6) is -2.28. The number of hydrogen-bond donors (Lipinski definition) is 0. The number of alkyl halides is 3. The summed E-state index contributed by atoms with van der Waals surface area (Å²) in [5.41, 5.74) is -2.74. The van der Waals surface area contributed by atoms with E-state index in [1.807, 2.05) is 13.0 Å². The Kier molecular flexibility index (Phi) is 3.12. The van der Waals surface area contributed by atoms with Gasteiger partial charge in [-0.05, 0) is 18.8 Å². The van der Waals surface area contributed by atoms with Crippen LogP contribution in [-0.2, 0) is 14.3 Å². The molecule has 0 aromatic rings. The summed E-state index contributed by atoms with van der Waals surface area (Å²) in [6.45, 7) is 1.89. The molecule has 3 aliphatic rings. The number of esters is 1. The number of halogens is 3. The molecule has 5 unspecified atom stereocenters. The van der Waals surface area contributed by atoms with Crippen LogP contribution in [0.3, 0.4) is 0 Å². The summed E-state index contributed by atoms with van der Waals surface area (Å²) in [7, 11) is 0. The zero-order valence-corrected chi connectivity index (χ0v) is 11.2. The minimum Gasteiger partial charge on any atom is -0.463 e. The average Bonchev–Trinajstić information content (AvgIpc) is 2.84. The van der Waals surface area contributed by atoms with Crippen molar-refractivity contribution in [3.05, 3.63) is 12.2 Å². The van der Waals surface area contributed by atoms with E-state index in [-0.39, 0.29) is 18.4 Å². The average molecular weight is 290 g/mol. The van der Waals surface area contributed by atoms with Gasteiger partial charge in [-0.2, -0.15) is 13.2 Å². The van der Waals surface area contributed by atoms with Crippen LogP contribution in [0, 0.1) is 17.8 Å². The van der Waals surface area contributed by atoms with Crippen molar-refractivity contribution in [1.29, 1.82) is 0 Å². The monoisotopic (exact) mass is 290 g/mol. The Balaban J connectivity index is 1.82. The third-order valence-electron chi connectivity index (χ3n) is 4.63. The molecule has 112 valence electrons. The third kappa shape index (κ3) is 1.66. The van der Waals surface area contributed by atoms with Crippen LogP contribution in [0.2, 0.25) is 0 Å². The van der Waals surface area contributed by atoms with E-state index in [0.29, 0.717) is 12.8 Å². The third-order valence-corrected chi connectivity index (χ3v) is 4.63. The SMILES string of the molecule is CCCCOC(=O)C1(C(F)(F)F)OC2C3C=CC(C3)C21. The van der Waals surface area contributed by atoms with E-state index in [1.165, 1.54) is 0 Å². The van der Waals surface area contributed by atoms with Gasteiger partial charge in [-0.1, -0.05) is 25.5 Å². The first kappa shape index (κ1) is 13.9. The van der Waals surface area contributed by atoms with Crippen LogP contribution in [0.1, 0.15) is 26.2 Å². The van der Waals surface area contributed by atoms with Crippen LogP contribution in [-0.4, -0.2) is 30.5 Å². The molecular weight excluding hydrogens is 273 g/mol. The summed E-state index contributed by atoms with van der Waals surface area (Å²) in [6, 6.07) is 0. The molecule has 1 saturated heterocycles. The maximum Gasteiger partial charge on any atom is 0.428 e. The minimum absolute atomic E-state index is 0.0118. The Morgan fingerprint density at radius 2 is 2.10 bits per heavy atom. The molecule has 0 radical (unpaired) electrons. The Morgan fingerprint density at radius 1 is 1.40 bits per heavy atom. The number of unbranched alkanes of at least 4 members (excludes halogenated alkanes) is 1. The zero-order chi connectivity index (χ0) is 14.5. The van der Waals surface area contributed by atoms with Crippen LogP contribution >= 0.6 is 0 Å². The molecule has 0 N–H and O–H groups in total. The first-order chi connectivity index (χ1) is 9.41. The van der Waals surface area contributed by atoms with Crippen molar-refractivity contribution in [2.45, 2.75) is 44.1 Å². The topological polar surface area (TPSA) is 35.5 Å². The van der Waals surface area contributed by atoms with E-state index in [1.54, 1.807) is 6.08 Å². The molecule has 0 aromatic heterocycles. The van der Waals surface area contributed by atoms with Gasteiger partial charge >= 0.3 is 12.1 Å². The van der Waals surface area contributed by atoms with Crippen molar-refractivity contribution in [3.63, 3.8) is 0 Å². The van der Waals surface area contributed by atoms with Gasteiger partial charge in [-0.25, -0.2) is 4.79 Å². The van der Waals surface area contributed by atoms with E-state index in [9.17, 15) is 18.0 Å². The van der Waals surface area contributed by atoms with Gasteiger partial charge in [0.2, 0.25) is 0 Å².